The molecule has 0 aliphatic carbocycles. The lowest BCUT2D eigenvalue weighted by atomic mass is 10.1. The molecule has 1 amide bonds. The molecule has 27 heavy (non-hydrogen) atoms. The number of carbonyl (C=O) groups is 1. The number of imidazole rings is 1. The van der Waals surface area contributed by atoms with Crippen molar-refractivity contribution >= 4 is 16.9 Å². The normalized spacial score (nSPS) is 12.2. The van der Waals surface area contributed by atoms with Gasteiger partial charge in [0.05, 0.1) is 17.1 Å². The number of benzene rings is 2. The van der Waals surface area contributed by atoms with E-state index in [0.29, 0.717) is 5.56 Å². The number of hydrogen-bond acceptors (Lipinski definition) is 2. The monoisotopic (exact) mass is 363 g/mol. The van der Waals surface area contributed by atoms with Crippen LogP contribution in [0.4, 0.5) is 0 Å². The number of fused-ring (bicyclic) bond motifs is 1. The first-order valence-electron chi connectivity index (χ1n) is 10.0. The molecule has 1 N–H and O–H groups in total. The van der Waals surface area contributed by atoms with Crippen LogP contribution in [0.25, 0.3) is 11.0 Å². The summed E-state index contributed by atoms with van der Waals surface area (Å²) in [6, 6.07) is 17.4. The second-order valence-electron chi connectivity index (χ2n) is 7.09. The van der Waals surface area contributed by atoms with E-state index in [4.69, 9.17) is 4.98 Å². The van der Waals surface area contributed by atoms with Crippen molar-refractivity contribution in [2.75, 3.05) is 0 Å². The average molecular weight is 364 g/mol. The number of para-hydroxylation sites is 2. The number of rotatable bonds is 9. The highest BCUT2D eigenvalue weighted by molar-refractivity contribution is 5.94. The van der Waals surface area contributed by atoms with Gasteiger partial charge >= 0.3 is 0 Å². The first-order valence-corrected chi connectivity index (χ1v) is 10.0. The van der Waals surface area contributed by atoms with Gasteiger partial charge in [0.25, 0.3) is 5.91 Å². The average Bonchev–Trinajstić information content (AvgIpc) is 3.07. The summed E-state index contributed by atoms with van der Waals surface area (Å²) < 4.78 is 2.28. The maximum atomic E-state index is 12.5. The van der Waals surface area contributed by atoms with E-state index >= 15 is 0 Å². The predicted octanol–water partition coefficient (Wildman–Crippen LogP) is 5.50. The van der Waals surface area contributed by atoms with Crippen LogP contribution in [0.3, 0.4) is 0 Å². The molecule has 0 saturated heterocycles. The summed E-state index contributed by atoms with van der Waals surface area (Å²) in [6.07, 6.45) is 6.18. The molecule has 1 unspecified atom stereocenters. The van der Waals surface area contributed by atoms with Crippen molar-refractivity contribution in [3.63, 3.8) is 0 Å². The van der Waals surface area contributed by atoms with Gasteiger partial charge < -0.3 is 9.88 Å². The predicted molar refractivity (Wildman–Crippen MR) is 111 cm³/mol. The van der Waals surface area contributed by atoms with Crippen LogP contribution in [0.15, 0.2) is 54.6 Å². The number of aromatic nitrogens is 2. The molecular formula is C23H29N3O. The summed E-state index contributed by atoms with van der Waals surface area (Å²) in [5, 5.41) is 3.10. The Morgan fingerprint density at radius 1 is 1.00 bits per heavy atom. The van der Waals surface area contributed by atoms with E-state index in [9.17, 15) is 4.79 Å². The maximum Gasteiger partial charge on any atom is 0.251 e. The molecule has 1 aromatic heterocycles. The fourth-order valence-corrected chi connectivity index (χ4v) is 3.47. The number of nitrogens with zero attached hydrogens (tertiary/aromatic N) is 2. The van der Waals surface area contributed by atoms with Gasteiger partial charge in [-0.1, -0.05) is 62.9 Å². The van der Waals surface area contributed by atoms with Gasteiger partial charge in [-0.2, -0.15) is 0 Å². The molecular weight excluding hydrogens is 334 g/mol. The molecule has 0 fully saturated rings. The minimum Gasteiger partial charge on any atom is -0.342 e. The lowest BCUT2D eigenvalue weighted by Crippen LogP contribution is -2.28. The summed E-state index contributed by atoms with van der Waals surface area (Å²) in [5.41, 5.74) is 2.80. The molecule has 0 bridgehead atoms. The SMILES string of the molecule is CCCCCCCn1c(C(C)NC(=O)c2ccccc2)nc2ccccc21. The summed E-state index contributed by atoms with van der Waals surface area (Å²) in [4.78, 5) is 17.4. The minimum absolute atomic E-state index is 0.0651. The standard InChI is InChI=1S/C23H29N3O/c1-3-4-5-6-12-17-26-21-16-11-10-15-20(21)25-22(26)18(2)24-23(27)19-13-8-7-9-14-19/h7-11,13-16,18H,3-6,12,17H2,1-2H3,(H,24,27). The largest absolute Gasteiger partial charge is 0.342 e. The Balaban J connectivity index is 1.77. The van der Waals surface area contributed by atoms with Crippen LogP contribution in [0.1, 0.15) is 68.2 Å². The first-order chi connectivity index (χ1) is 13.2. The van der Waals surface area contributed by atoms with Crippen molar-refractivity contribution < 1.29 is 4.79 Å². The molecule has 3 rings (SSSR count). The van der Waals surface area contributed by atoms with E-state index in [-0.39, 0.29) is 11.9 Å². The smallest absolute Gasteiger partial charge is 0.251 e. The van der Waals surface area contributed by atoms with Gasteiger partial charge in [-0.15, -0.1) is 0 Å². The maximum absolute atomic E-state index is 12.5. The highest BCUT2D eigenvalue weighted by atomic mass is 16.1. The zero-order chi connectivity index (χ0) is 19.1. The fourth-order valence-electron chi connectivity index (χ4n) is 3.47. The van der Waals surface area contributed by atoms with Crippen LogP contribution in [0, 0.1) is 0 Å². The van der Waals surface area contributed by atoms with Gasteiger partial charge in [0.15, 0.2) is 0 Å². The van der Waals surface area contributed by atoms with Gasteiger partial charge in [0, 0.05) is 12.1 Å². The third-order valence-corrected chi connectivity index (χ3v) is 4.94. The third-order valence-electron chi connectivity index (χ3n) is 4.94. The van der Waals surface area contributed by atoms with E-state index in [1.807, 2.05) is 49.4 Å². The second-order valence-corrected chi connectivity index (χ2v) is 7.09. The van der Waals surface area contributed by atoms with Crippen LogP contribution < -0.4 is 5.32 Å². The second kappa shape index (κ2) is 9.36. The molecule has 2 aromatic carbocycles. The molecule has 1 heterocycles. The third kappa shape index (κ3) is 4.76. The topological polar surface area (TPSA) is 46.9 Å². The van der Waals surface area contributed by atoms with Crippen LogP contribution >= 0.6 is 0 Å². The highest BCUT2D eigenvalue weighted by Crippen LogP contribution is 2.22. The minimum atomic E-state index is -0.152. The lowest BCUT2D eigenvalue weighted by Gasteiger charge is -2.16. The van der Waals surface area contributed by atoms with Crippen molar-refractivity contribution in [2.24, 2.45) is 0 Å². The Morgan fingerprint density at radius 3 is 2.48 bits per heavy atom. The van der Waals surface area contributed by atoms with E-state index in [2.05, 4.69) is 28.9 Å². The molecule has 0 radical (unpaired) electrons. The van der Waals surface area contributed by atoms with Crippen LogP contribution in [-0.4, -0.2) is 15.5 Å². The quantitative estimate of drug-likeness (QED) is 0.510. The molecule has 3 aromatic rings. The summed E-state index contributed by atoms with van der Waals surface area (Å²) in [5.74, 6) is 0.862. The summed E-state index contributed by atoms with van der Waals surface area (Å²) in [7, 11) is 0. The number of hydrogen-bond donors (Lipinski definition) is 1. The van der Waals surface area contributed by atoms with Gasteiger partial charge in [0.2, 0.25) is 0 Å². The number of nitrogens with one attached hydrogen (secondary N) is 1. The van der Waals surface area contributed by atoms with Crippen molar-refractivity contribution in [3.05, 3.63) is 66.0 Å². The Labute approximate surface area is 161 Å². The first kappa shape index (κ1) is 19.2. The molecule has 4 nitrogen and oxygen atoms in total. The van der Waals surface area contributed by atoms with Crippen LogP contribution in [0.2, 0.25) is 0 Å². The van der Waals surface area contributed by atoms with E-state index in [1.54, 1.807) is 0 Å². The molecule has 0 aliphatic heterocycles. The lowest BCUT2D eigenvalue weighted by molar-refractivity contribution is 0.0937. The van der Waals surface area contributed by atoms with Crippen LogP contribution in [-0.2, 0) is 6.54 Å². The van der Waals surface area contributed by atoms with Gasteiger partial charge in [-0.3, -0.25) is 4.79 Å². The summed E-state index contributed by atoms with van der Waals surface area (Å²) >= 11 is 0. The number of carbonyl (C=O) groups excluding carboxylic acids is 1. The van der Waals surface area contributed by atoms with E-state index in [1.165, 1.54) is 25.7 Å². The molecule has 4 heteroatoms. The van der Waals surface area contributed by atoms with Crippen molar-refractivity contribution in [1.29, 1.82) is 0 Å². The number of amides is 1. The highest BCUT2D eigenvalue weighted by Gasteiger charge is 2.18. The Kier molecular flexibility index (Phi) is 6.64. The van der Waals surface area contributed by atoms with Gasteiger partial charge in [-0.25, -0.2) is 4.98 Å². The molecule has 0 saturated carbocycles. The van der Waals surface area contributed by atoms with Crippen molar-refractivity contribution in [1.82, 2.24) is 14.9 Å². The molecule has 0 spiro atoms. The Hall–Kier alpha value is -2.62. The van der Waals surface area contributed by atoms with Crippen molar-refractivity contribution in [2.45, 2.75) is 58.5 Å². The van der Waals surface area contributed by atoms with Gasteiger partial charge in [-0.05, 0) is 37.6 Å². The summed E-state index contributed by atoms with van der Waals surface area (Å²) in [6.45, 7) is 5.18. The fraction of sp³-hybridized carbons (Fsp3) is 0.391. The van der Waals surface area contributed by atoms with Crippen LogP contribution in [0.5, 0.6) is 0 Å². The molecule has 142 valence electrons. The van der Waals surface area contributed by atoms with E-state index < -0.39 is 0 Å². The zero-order valence-corrected chi connectivity index (χ0v) is 16.3. The molecule has 0 aliphatic rings. The Bertz CT molecular complexity index is 870. The Morgan fingerprint density at radius 2 is 1.70 bits per heavy atom. The zero-order valence-electron chi connectivity index (χ0n) is 16.3. The van der Waals surface area contributed by atoms with Crippen molar-refractivity contribution in [3.8, 4) is 0 Å². The van der Waals surface area contributed by atoms with E-state index in [0.717, 1.165) is 29.8 Å². The number of aryl methyl sites for hydroxylation is 1. The number of unbranched alkanes of at least 4 members (excludes halogenated alkanes) is 4. The molecule has 1 atom stereocenters. The van der Waals surface area contributed by atoms with Gasteiger partial charge in [0.1, 0.15) is 5.82 Å².